The molecule has 1 saturated carbocycles. The van der Waals surface area contributed by atoms with Crippen LogP contribution in [0.15, 0.2) is 18.2 Å². The van der Waals surface area contributed by atoms with Crippen molar-refractivity contribution in [2.45, 2.75) is 37.6 Å². The highest BCUT2D eigenvalue weighted by Gasteiger charge is 2.53. The number of halogens is 1. The Hall–Kier alpha value is -2.64. The highest BCUT2D eigenvalue weighted by atomic mass is 19.1. The summed E-state index contributed by atoms with van der Waals surface area (Å²) in [5.74, 6) is -1.50. The molecule has 0 unspecified atom stereocenters. The molecule has 2 fully saturated rings. The first kappa shape index (κ1) is 16.2. The summed E-state index contributed by atoms with van der Waals surface area (Å²) in [6.07, 6.45) is 2.71. The number of nitrogens with one attached hydrogen (secondary N) is 2. The Morgan fingerprint density at radius 2 is 2.08 bits per heavy atom. The predicted octanol–water partition coefficient (Wildman–Crippen LogP) is 1.27. The monoisotopic (exact) mass is 335 g/mol. The van der Waals surface area contributed by atoms with Crippen LogP contribution in [-0.4, -0.2) is 35.5 Å². The second kappa shape index (κ2) is 6.10. The molecule has 1 spiro atoms. The van der Waals surface area contributed by atoms with Crippen LogP contribution in [0.5, 0.6) is 5.75 Å². The molecule has 2 N–H and O–H groups in total. The van der Waals surface area contributed by atoms with E-state index >= 15 is 0 Å². The molecule has 0 atom stereocenters. The van der Waals surface area contributed by atoms with E-state index in [1.165, 1.54) is 19.2 Å². The zero-order chi connectivity index (χ0) is 17.3. The number of methoxy groups -OCH3 is 1. The number of carbonyl (C=O) groups excluding carboxylic acids is 3. The fourth-order valence-electron chi connectivity index (χ4n) is 3.21. The van der Waals surface area contributed by atoms with Gasteiger partial charge in [-0.1, -0.05) is 18.9 Å². The zero-order valence-electron chi connectivity index (χ0n) is 13.2. The fourth-order valence-corrected chi connectivity index (χ4v) is 3.21. The number of imide groups is 1. The Balaban J connectivity index is 1.65. The Bertz CT molecular complexity index is 701. The van der Waals surface area contributed by atoms with E-state index in [0.717, 1.165) is 17.9 Å². The maximum atomic E-state index is 13.6. The number of amides is 4. The molecule has 128 valence electrons. The molecule has 1 heterocycles. The second-order valence-electron chi connectivity index (χ2n) is 6.04. The van der Waals surface area contributed by atoms with Gasteiger partial charge in [-0.25, -0.2) is 9.18 Å². The summed E-state index contributed by atoms with van der Waals surface area (Å²) in [7, 11) is 1.35. The number of nitrogens with zero attached hydrogens (tertiary/aromatic N) is 1. The lowest BCUT2D eigenvalue weighted by Crippen LogP contribution is -2.49. The standard InChI is InChI=1S/C16H18FN3O4/c1-24-12-5-4-10(8-11(12)17)9-13(21)19-20-14(22)16(18-15(20)23)6-2-3-7-16/h4-5,8H,2-3,6-7,9H2,1H3,(H,18,23)(H,19,21). The van der Waals surface area contributed by atoms with E-state index in [9.17, 15) is 18.8 Å². The van der Waals surface area contributed by atoms with Crippen molar-refractivity contribution >= 4 is 17.8 Å². The first-order valence-corrected chi connectivity index (χ1v) is 7.74. The molecule has 8 heteroatoms. The van der Waals surface area contributed by atoms with Crippen molar-refractivity contribution in [3.63, 3.8) is 0 Å². The van der Waals surface area contributed by atoms with Gasteiger partial charge in [-0.3, -0.25) is 15.0 Å². The molecule has 4 amide bonds. The van der Waals surface area contributed by atoms with Gasteiger partial charge in [0.05, 0.1) is 13.5 Å². The summed E-state index contributed by atoms with van der Waals surface area (Å²) in [5, 5.41) is 3.40. The molecule has 1 aromatic carbocycles. The van der Waals surface area contributed by atoms with Gasteiger partial charge in [-0.2, -0.15) is 5.01 Å². The average molecular weight is 335 g/mol. The van der Waals surface area contributed by atoms with Gasteiger partial charge in [-0.05, 0) is 30.5 Å². The van der Waals surface area contributed by atoms with Gasteiger partial charge in [-0.15, -0.1) is 0 Å². The summed E-state index contributed by atoms with van der Waals surface area (Å²) in [4.78, 5) is 36.5. The summed E-state index contributed by atoms with van der Waals surface area (Å²) >= 11 is 0. The number of carbonyl (C=O) groups is 3. The van der Waals surface area contributed by atoms with E-state index in [1.54, 1.807) is 6.07 Å². The van der Waals surface area contributed by atoms with Crippen LogP contribution >= 0.6 is 0 Å². The van der Waals surface area contributed by atoms with Gasteiger partial charge < -0.3 is 10.1 Å². The minimum Gasteiger partial charge on any atom is -0.494 e. The lowest BCUT2D eigenvalue weighted by atomic mass is 9.98. The summed E-state index contributed by atoms with van der Waals surface area (Å²) in [6, 6.07) is 3.52. The van der Waals surface area contributed by atoms with Gasteiger partial charge in [0.25, 0.3) is 5.91 Å². The third-order valence-corrected chi connectivity index (χ3v) is 4.44. The molecule has 0 radical (unpaired) electrons. The summed E-state index contributed by atoms with van der Waals surface area (Å²) in [6.45, 7) is 0. The van der Waals surface area contributed by atoms with Crippen molar-refractivity contribution in [1.82, 2.24) is 15.8 Å². The molecule has 2 aliphatic rings. The number of hydrazine groups is 1. The molecular weight excluding hydrogens is 317 g/mol. The number of hydrogen-bond donors (Lipinski definition) is 2. The molecule has 3 rings (SSSR count). The molecule has 1 aliphatic heterocycles. The van der Waals surface area contributed by atoms with Gasteiger partial charge in [0, 0.05) is 0 Å². The lowest BCUT2D eigenvalue weighted by molar-refractivity contribution is -0.138. The Morgan fingerprint density at radius 3 is 2.71 bits per heavy atom. The first-order valence-electron chi connectivity index (χ1n) is 7.74. The normalized spacial score (nSPS) is 18.8. The molecule has 0 aromatic heterocycles. The van der Waals surface area contributed by atoms with Crippen LogP contribution in [0.25, 0.3) is 0 Å². The van der Waals surface area contributed by atoms with E-state index in [2.05, 4.69) is 10.7 Å². The van der Waals surface area contributed by atoms with Crippen LogP contribution in [0.3, 0.4) is 0 Å². The van der Waals surface area contributed by atoms with Crippen molar-refractivity contribution in [2.24, 2.45) is 0 Å². The maximum absolute atomic E-state index is 13.6. The van der Waals surface area contributed by atoms with Crippen LogP contribution in [0.2, 0.25) is 0 Å². The van der Waals surface area contributed by atoms with Crippen molar-refractivity contribution in [1.29, 1.82) is 0 Å². The number of rotatable bonds is 4. The Kier molecular flexibility index (Phi) is 4.13. The number of hydrogen-bond acceptors (Lipinski definition) is 4. The van der Waals surface area contributed by atoms with E-state index < -0.39 is 29.2 Å². The fraction of sp³-hybridized carbons (Fsp3) is 0.438. The molecule has 0 bridgehead atoms. The van der Waals surface area contributed by atoms with Crippen LogP contribution in [0, 0.1) is 5.82 Å². The number of urea groups is 1. The van der Waals surface area contributed by atoms with Gasteiger partial charge in [0.2, 0.25) is 5.91 Å². The maximum Gasteiger partial charge on any atom is 0.344 e. The van der Waals surface area contributed by atoms with Crippen LogP contribution in [0.4, 0.5) is 9.18 Å². The Labute approximate surface area is 138 Å². The van der Waals surface area contributed by atoms with Crippen LogP contribution in [0.1, 0.15) is 31.2 Å². The van der Waals surface area contributed by atoms with Crippen LogP contribution in [-0.2, 0) is 16.0 Å². The van der Waals surface area contributed by atoms with Crippen molar-refractivity contribution in [3.8, 4) is 5.75 Å². The van der Waals surface area contributed by atoms with Gasteiger partial charge >= 0.3 is 6.03 Å². The van der Waals surface area contributed by atoms with E-state index in [-0.39, 0.29) is 12.2 Å². The molecular formula is C16H18FN3O4. The van der Waals surface area contributed by atoms with Gasteiger partial charge in [0.15, 0.2) is 11.6 Å². The summed E-state index contributed by atoms with van der Waals surface area (Å²) < 4.78 is 18.5. The molecule has 1 aromatic rings. The third-order valence-electron chi connectivity index (χ3n) is 4.44. The first-order chi connectivity index (χ1) is 11.4. The van der Waals surface area contributed by atoms with E-state index in [4.69, 9.17) is 4.74 Å². The highest BCUT2D eigenvalue weighted by molar-refractivity contribution is 6.08. The smallest absolute Gasteiger partial charge is 0.344 e. The minimum absolute atomic E-state index is 0.0800. The molecule has 24 heavy (non-hydrogen) atoms. The predicted molar refractivity (Wildman–Crippen MR) is 81.4 cm³/mol. The minimum atomic E-state index is -0.878. The largest absolute Gasteiger partial charge is 0.494 e. The molecule has 7 nitrogen and oxygen atoms in total. The Morgan fingerprint density at radius 1 is 1.38 bits per heavy atom. The lowest BCUT2D eigenvalue weighted by Gasteiger charge is -2.20. The quantitative estimate of drug-likeness (QED) is 0.811. The summed E-state index contributed by atoms with van der Waals surface area (Å²) in [5.41, 5.74) is 1.84. The SMILES string of the molecule is COc1ccc(CC(=O)NN2C(=O)NC3(CCCC3)C2=O)cc1F. The zero-order valence-corrected chi connectivity index (χ0v) is 13.2. The van der Waals surface area contributed by atoms with Crippen LogP contribution < -0.4 is 15.5 Å². The van der Waals surface area contributed by atoms with Gasteiger partial charge in [0.1, 0.15) is 5.54 Å². The topological polar surface area (TPSA) is 87.7 Å². The molecule has 1 saturated heterocycles. The highest BCUT2D eigenvalue weighted by Crippen LogP contribution is 2.34. The van der Waals surface area contributed by atoms with E-state index in [1.807, 2.05) is 0 Å². The number of ether oxygens (including phenoxy) is 1. The third kappa shape index (κ3) is 2.79. The second-order valence-corrected chi connectivity index (χ2v) is 6.04. The average Bonchev–Trinajstić information content (AvgIpc) is 3.09. The van der Waals surface area contributed by atoms with Crippen molar-refractivity contribution in [3.05, 3.63) is 29.6 Å². The van der Waals surface area contributed by atoms with Crippen molar-refractivity contribution in [2.75, 3.05) is 7.11 Å². The number of benzene rings is 1. The molecule has 1 aliphatic carbocycles. The van der Waals surface area contributed by atoms with E-state index in [0.29, 0.717) is 18.4 Å². The van der Waals surface area contributed by atoms with Crippen molar-refractivity contribution < 1.29 is 23.5 Å².